The molecule has 0 amide bonds. The zero-order valence-electron chi connectivity index (χ0n) is 29.3. The molecule has 3 saturated carbocycles. The van der Waals surface area contributed by atoms with Gasteiger partial charge >= 0.3 is 17.9 Å². The Morgan fingerprint density at radius 3 is 1.82 bits per heavy atom. The molecule has 9 heteroatoms. The largest absolute Gasteiger partial charge is 0.458 e. The molecule has 9 atom stereocenters. The molecule has 268 valence electrons. The van der Waals surface area contributed by atoms with Crippen LogP contribution in [0, 0.1) is 16.7 Å². The molecule has 9 nitrogen and oxygen atoms in total. The van der Waals surface area contributed by atoms with Gasteiger partial charge in [-0.15, -0.1) is 0 Å². The summed E-state index contributed by atoms with van der Waals surface area (Å²) in [6.07, 6.45) is 1.16. The van der Waals surface area contributed by atoms with Gasteiger partial charge in [0.2, 0.25) is 0 Å². The first-order chi connectivity index (χ1) is 24.3. The lowest BCUT2D eigenvalue weighted by molar-refractivity contribution is -0.324. The number of benzene rings is 3. The topological polar surface area (TPSA) is 140 Å². The summed E-state index contributed by atoms with van der Waals surface area (Å²) in [5.74, 6) is -2.22. The Bertz CT molecular complexity index is 1830. The Hall–Kier alpha value is -4.31. The van der Waals surface area contributed by atoms with Gasteiger partial charge in [0.25, 0.3) is 0 Å². The van der Waals surface area contributed by atoms with E-state index in [-0.39, 0.29) is 37.8 Å². The molecule has 3 fully saturated rings. The van der Waals surface area contributed by atoms with Crippen LogP contribution in [0.15, 0.2) is 103 Å². The summed E-state index contributed by atoms with van der Waals surface area (Å²) in [7, 11) is 0. The lowest BCUT2D eigenvalue weighted by atomic mass is 9.42. The quantitative estimate of drug-likeness (QED) is 0.150. The smallest absolute Gasteiger partial charge is 0.338 e. The lowest BCUT2D eigenvalue weighted by Gasteiger charge is -2.67. The molecule has 0 aliphatic heterocycles. The van der Waals surface area contributed by atoms with Crippen LogP contribution in [0.4, 0.5) is 0 Å². The molecule has 0 heterocycles. The standard InChI is InChI=1S/C42H46O9/c1-27(49-35(43)28-13-7-4-8-14-28)40(46)23-24-42(48)39(40,3)34(51-37(45)30-17-11-6-12-18-30)26-33-38(2)21-20-32(25-31(38)19-22-41(33,42)47)50-36(44)29-15-9-5-10-16-29/h4-19,27,32-34,46-48H,20-26H2,1-3H3/t27?,32-,33+,34+,38-,39+,40+,41-,42+/m0/s1. The van der Waals surface area contributed by atoms with Gasteiger partial charge in [-0.2, -0.15) is 0 Å². The third-order valence-electron chi connectivity index (χ3n) is 13.1. The SMILES string of the molecule is CC(OC(=O)c1ccccc1)[C@]1(O)CC[C@@]2(O)[C@]1(C)[C@H](OC(=O)c1ccccc1)C[C@@H]1[C@@]3(C)CC[C@H](OC(=O)c4ccccc4)CC3=CC[C@]12O. The molecule has 0 bridgehead atoms. The number of hydrogen-bond donors (Lipinski definition) is 3. The van der Waals surface area contributed by atoms with Crippen molar-refractivity contribution in [2.45, 2.75) is 101 Å². The van der Waals surface area contributed by atoms with Crippen molar-refractivity contribution in [2.24, 2.45) is 16.7 Å². The van der Waals surface area contributed by atoms with E-state index in [1.807, 2.05) is 12.1 Å². The zero-order chi connectivity index (χ0) is 36.2. The summed E-state index contributed by atoms with van der Waals surface area (Å²) in [6, 6.07) is 25.9. The van der Waals surface area contributed by atoms with Crippen molar-refractivity contribution in [3.8, 4) is 0 Å². The van der Waals surface area contributed by atoms with Gasteiger partial charge in [-0.25, -0.2) is 14.4 Å². The summed E-state index contributed by atoms with van der Waals surface area (Å²) in [5.41, 5.74) is -5.73. The number of esters is 3. The van der Waals surface area contributed by atoms with Crippen LogP contribution in [0.1, 0.15) is 96.8 Å². The van der Waals surface area contributed by atoms with Gasteiger partial charge in [0.05, 0.1) is 22.1 Å². The van der Waals surface area contributed by atoms with Crippen LogP contribution in [0.5, 0.6) is 0 Å². The van der Waals surface area contributed by atoms with Crippen LogP contribution in [-0.4, -0.2) is 68.3 Å². The Labute approximate surface area is 298 Å². The number of carbonyl (C=O) groups excluding carboxylic acids is 3. The molecular weight excluding hydrogens is 648 g/mol. The molecule has 0 spiro atoms. The van der Waals surface area contributed by atoms with Crippen LogP contribution >= 0.6 is 0 Å². The van der Waals surface area contributed by atoms with Crippen molar-refractivity contribution < 1.29 is 43.9 Å². The fourth-order valence-corrected chi connectivity index (χ4v) is 10.0. The predicted octanol–water partition coefficient (Wildman–Crippen LogP) is 6.22. The highest BCUT2D eigenvalue weighted by molar-refractivity contribution is 5.90. The summed E-state index contributed by atoms with van der Waals surface area (Å²) in [6.45, 7) is 5.31. The van der Waals surface area contributed by atoms with Crippen molar-refractivity contribution in [2.75, 3.05) is 0 Å². The molecule has 51 heavy (non-hydrogen) atoms. The van der Waals surface area contributed by atoms with Crippen LogP contribution < -0.4 is 0 Å². The highest BCUT2D eigenvalue weighted by Crippen LogP contribution is 2.71. The molecular formula is C42H46O9. The van der Waals surface area contributed by atoms with E-state index in [9.17, 15) is 29.7 Å². The first-order valence-corrected chi connectivity index (χ1v) is 17.9. The second-order valence-corrected chi connectivity index (χ2v) is 15.4. The van der Waals surface area contributed by atoms with Gasteiger partial charge in [-0.05, 0) is 87.3 Å². The molecule has 1 unspecified atom stereocenters. The summed E-state index contributed by atoms with van der Waals surface area (Å²) in [5, 5.41) is 38.8. The minimum atomic E-state index is -1.95. The molecule has 4 aliphatic carbocycles. The highest BCUT2D eigenvalue weighted by Gasteiger charge is 2.81. The number of fused-ring (bicyclic) bond motifs is 5. The second-order valence-electron chi connectivity index (χ2n) is 15.4. The summed E-state index contributed by atoms with van der Waals surface area (Å²) >= 11 is 0. The van der Waals surface area contributed by atoms with Crippen molar-refractivity contribution in [3.05, 3.63) is 119 Å². The number of rotatable bonds is 7. The van der Waals surface area contributed by atoms with Gasteiger partial charge in [-0.3, -0.25) is 0 Å². The van der Waals surface area contributed by atoms with Crippen LogP contribution in [0.25, 0.3) is 0 Å². The Balaban J connectivity index is 1.24. The lowest BCUT2D eigenvalue weighted by Crippen LogP contribution is -2.78. The highest BCUT2D eigenvalue weighted by atomic mass is 16.6. The van der Waals surface area contributed by atoms with E-state index in [4.69, 9.17) is 14.2 Å². The van der Waals surface area contributed by atoms with E-state index < -0.39 is 57.7 Å². The van der Waals surface area contributed by atoms with E-state index in [1.165, 1.54) is 0 Å². The number of hydrogen-bond acceptors (Lipinski definition) is 9. The van der Waals surface area contributed by atoms with E-state index in [0.717, 1.165) is 5.57 Å². The third kappa shape index (κ3) is 5.35. The minimum Gasteiger partial charge on any atom is -0.458 e. The minimum absolute atomic E-state index is 0.0115. The molecule has 4 aliphatic rings. The first kappa shape index (κ1) is 35.1. The van der Waals surface area contributed by atoms with Crippen molar-refractivity contribution in [1.29, 1.82) is 0 Å². The van der Waals surface area contributed by atoms with Gasteiger partial charge < -0.3 is 29.5 Å². The van der Waals surface area contributed by atoms with Gasteiger partial charge in [0, 0.05) is 12.3 Å². The predicted molar refractivity (Wildman–Crippen MR) is 188 cm³/mol. The number of ether oxygens (including phenoxy) is 3. The molecule has 3 N–H and O–H groups in total. The Morgan fingerprint density at radius 2 is 1.25 bits per heavy atom. The van der Waals surface area contributed by atoms with Crippen molar-refractivity contribution in [3.63, 3.8) is 0 Å². The molecule has 0 radical (unpaired) electrons. The second kappa shape index (κ2) is 12.7. The van der Waals surface area contributed by atoms with E-state index in [1.54, 1.807) is 98.8 Å². The third-order valence-corrected chi connectivity index (χ3v) is 13.1. The fourth-order valence-electron chi connectivity index (χ4n) is 10.0. The maximum atomic E-state index is 13.8. The fraction of sp³-hybridized carbons (Fsp3) is 0.452. The van der Waals surface area contributed by atoms with Gasteiger partial charge in [0.15, 0.2) is 0 Å². The van der Waals surface area contributed by atoms with E-state index >= 15 is 0 Å². The van der Waals surface area contributed by atoms with Crippen molar-refractivity contribution >= 4 is 17.9 Å². The molecule has 0 saturated heterocycles. The number of carbonyl (C=O) groups is 3. The average molecular weight is 695 g/mol. The maximum Gasteiger partial charge on any atom is 0.338 e. The summed E-state index contributed by atoms with van der Waals surface area (Å²) in [4.78, 5) is 39.9. The maximum absolute atomic E-state index is 13.8. The number of aliphatic hydroxyl groups is 3. The average Bonchev–Trinajstić information content (AvgIpc) is 3.38. The van der Waals surface area contributed by atoms with Crippen LogP contribution in [0.2, 0.25) is 0 Å². The Kier molecular flexibility index (Phi) is 8.76. The van der Waals surface area contributed by atoms with Gasteiger partial charge in [-0.1, -0.05) is 80.1 Å². The molecule has 3 aromatic rings. The monoisotopic (exact) mass is 694 g/mol. The molecule has 0 aromatic heterocycles. The van der Waals surface area contributed by atoms with Crippen LogP contribution in [0.3, 0.4) is 0 Å². The summed E-state index contributed by atoms with van der Waals surface area (Å²) < 4.78 is 18.2. The first-order valence-electron chi connectivity index (χ1n) is 17.9. The molecule has 3 aromatic carbocycles. The van der Waals surface area contributed by atoms with Gasteiger partial charge in [0.1, 0.15) is 35.1 Å². The van der Waals surface area contributed by atoms with Crippen molar-refractivity contribution in [1.82, 2.24) is 0 Å². The van der Waals surface area contributed by atoms with E-state index in [2.05, 4.69) is 6.92 Å². The van der Waals surface area contributed by atoms with Crippen LogP contribution in [-0.2, 0) is 14.2 Å². The molecule has 7 rings (SSSR count). The van der Waals surface area contributed by atoms with E-state index in [0.29, 0.717) is 36.0 Å². The zero-order valence-corrected chi connectivity index (χ0v) is 29.3. The Morgan fingerprint density at radius 1 is 0.725 bits per heavy atom. The normalized spacial score (nSPS) is 36.0.